The second-order valence-electron chi connectivity index (χ2n) is 4.83. The smallest absolute Gasteiger partial charge is 0.263 e. The maximum absolute atomic E-state index is 12.3. The Hall–Kier alpha value is -2.40. The van der Waals surface area contributed by atoms with Gasteiger partial charge in [0.1, 0.15) is 4.88 Å². The summed E-state index contributed by atoms with van der Waals surface area (Å²) in [7, 11) is 0. The molecule has 1 amide bonds. The summed E-state index contributed by atoms with van der Waals surface area (Å²) >= 11 is 1.42. The van der Waals surface area contributed by atoms with Gasteiger partial charge < -0.3 is 11.1 Å². The molecule has 0 spiro atoms. The maximum Gasteiger partial charge on any atom is 0.263 e. The number of carbonyl (C=O) groups is 1. The van der Waals surface area contributed by atoms with Crippen molar-refractivity contribution in [2.75, 3.05) is 5.73 Å². The number of aromatic nitrogens is 1. The van der Waals surface area contributed by atoms with Gasteiger partial charge in [0.05, 0.1) is 5.69 Å². The van der Waals surface area contributed by atoms with E-state index in [1.54, 1.807) is 12.4 Å². The van der Waals surface area contributed by atoms with E-state index >= 15 is 0 Å². The van der Waals surface area contributed by atoms with Crippen molar-refractivity contribution in [3.05, 3.63) is 58.7 Å². The lowest BCUT2D eigenvalue weighted by Crippen LogP contribution is -2.23. The minimum atomic E-state index is -0.134. The zero-order valence-corrected chi connectivity index (χ0v) is 12.4. The quantitative estimate of drug-likeness (QED) is 0.780. The molecule has 2 heterocycles. The van der Waals surface area contributed by atoms with E-state index in [4.69, 9.17) is 5.73 Å². The van der Waals surface area contributed by atoms with Gasteiger partial charge in [0.15, 0.2) is 0 Å². The lowest BCUT2D eigenvalue weighted by molar-refractivity contribution is 0.0956. The molecule has 0 atom stereocenters. The van der Waals surface area contributed by atoms with E-state index in [-0.39, 0.29) is 5.91 Å². The predicted molar refractivity (Wildman–Crippen MR) is 86.4 cm³/mol. The number of benzene rings is 1. The number of nitrogen functional groups attached to an aromatic ring is 1. The van der Waals surface area contributed by atoms with Gasteiger partial charge in [-0.2, -0.15) is 0 Å². The van der Waals surface area contributed by atoms with Gasteiger partial charge in [0.25, 0.3) is 5.91 Å². The molecule has 106 valence electrons. The van der Waals surface area contributed by atoms with Gasteiger partial charge in [0.2, 0.25) is 0 Å². The molecular weight excluding hydrogens is 282 g/mol. The highest BCUT2D eigenvalue weighted by Crippen LogP contribution is 2.33. The molecule has 5 heteroatoms. The van der Waals surface area contributed by atoms with E-state index in [0.29, 0.717) is 17.1 Å². The Bertz CT molecular complexity index is 810. The maximum atomic E-state index is 12.3. The number of hydrogen-bond donors (Lipinski definition) is 2. The minimum absolute atomic E-state index is 0.134. The van der Waals surface area contributed by atoms with Gasteiger partial charge in [-0.1, -0.05) is 18.2 Å². The molecule has 2 aromatic heterocycles. The third-order valence-electron chi connectivity index (χ3n) is 3.42. The first-order valence-corrected chi connectivity index (χ1v) is 7.43. The number of nitrogens with one attached hydrogen (secondary N) is 1. The molecule has 0 saturated heterocycles. The van der Waals surface area contributed by atoms with Gasteiger partial charge >= 0.3 is 0 Å². The number of nitrogens with two attached hydrogens (primary N) is 1. The highest BCUT2D eigenvalue weighted by atomic mass is 32.1. The monoisotopic (exact) mass is 297 g/mol. The largest absolute Gasteiger partial charge is 0.397 e. The third kappa shape index (κ3) is 2.60. The lowest BCUT2D eigenvalue weighted by Gasteiger charge is -2.06. The van der Waals surface area contributed by atoms with Crippen LogP contribution in [0.1, 0.15) is 20.8 Å². The zero-order valence-electron chi connectivity index (χ0n) is 11.6. The van der Waals surface area contributed by atoms with E-state index in [1.807, 2.05) is 37.3 Å². The molecule has 1 aromatic carbocycles. The molecule has 0 aliphatic rings. The number of hydrogen-bond acceptors (Lipinski definition) is 4. The molecular formula is C16H15N3OS. The Balaban J connectivity index is 1.81. The standard InChI is InChI=1S/C16H15N3OS/c1-10-8-18-7-6-11(10)9-19-16(20)15-14(17)12-4-2-3-5-13(12)21-15/h2-8H,9,17H2,1H3,(H,19,20). The number of fused-ring (bicyclic) bond motifs is 1. The summed E-state index contributed by atoms with van der Waals surface area (Å²) in [5, 5.41) is 3.86. The van der Waals surface area contributed by atoms with Crippen molar-refractivity contribution in [1.82, 2.24) is 10.3 Å². The van der Waals surface area contributed by atoms with E-state index in [0.717, 1.165) is 21.2 Å². The van der Waals surface area contributed by atoms with Crippen LogP contribution in [0, 0.1) is 6.92 Å². The highest BCUT2D eigenvalue weighted by molar-refractivity contribution is 7.21. The average molecular weight is 297 g/mol. The van der Waals surface area contributed by atoms with Crippen molar-refractivity contribution in [2.45, 2.75) is 13.5 Å². The van der Waals surface area contributed by atoms with Crippen LogP contribution in [0.15, 0.2) is 42.7 Å². The van der Waals surface area contributed by atoms with Crippen LogP contribution in [0.4, 0.5) is 5.69 Å². The molecule has 3 rings (SSSR count). The van der Waals surface area contributed by atoms with E-state index < -0.39 is 0 Å². The second-order valence-corrected chi connectivity index (χ2v) is 5.88. The van der Waals surface area contributed by atoms with Crippen molar-refractivity contribution in [1.29, 1.82) is 0 Å². The fourth-order valence-electron chi connectivity index (χ4n) is 2.19. The number of nitrogens with zero attached hydrogens (tertiary/aromatic N) is 1. The Morgan fingerprint density at radius 1 is 1.33 bits per heavy atom. The molecule has 0 saturated carbocycles. The predicted octanol–water partition coefficient (Wildman–Crippen LogP) is 3.12. The van der Waals surface area contributed by atoms with Crippen LogP contribution in [0.25, 0.3) is 10.1 Å². The highest BCUT2D eigenvalue weighted by Gasteiger charge is 2.15. The van der Waals surface area contributed by atoms with E-state index in [2.05, 4.69) is 10.3 Å². The number of thiophene rings is 1. The average Bonchev–Trinajstić information content (AvgIpc) is 2.84. The van der Waals surface area contributed by atoms with Crippen LogP contribution in [0.3, 0.4) is 0 Å². The third-order valence-corrected chi connectivity index (χ3v) is 4.60. The lowest BCUT2D eigenvalue weighted by atomic mass is 10.1. The number of anilines is 1. The first-order valence-electron chi connectivity index (χ1n) is 6.61. The van der Waals surface area contributed by atoms with Gasteiger partial charge in [-0.3, -0.25) is 9.78 Å². The number of amides is 1. The van der Waals surface area contributed by atoms with Crippen molar-refractivity contribution in [3.63, 3.8) is 0 Å². The molecule has 4 nitrogen and oxygen atoms in total. The molecule has 0 bridgehead atoms. The summed E-state index contributed by atoms with van der Waals surface area (Å²) in [6, 6.07) is 9.68. The van der Waals surface area contributed by atoms with Gasteiger partial charge in [-0.05, 0) is 30.2 Å². The number of pyridine rings is 1. The Kier molecular flexibility index (Phi) is 3.58. The molecule has 0 fully saturated rings. The van der Waals surface area contributed by atoms with Crippen molar-refractivity contribution < 1.29 is 4.79 Å². The topological polar surface area (TPSA) is 68.0 Å². The van der Waals surface area contributed by atoms with Crippen molar-refractivity contribution >= 4 is 33.0 Å². The number of carbonyl (C=O) groups excluding carboxylic acids is 1. The fraction of sp³-hybridized carbons (Fsp3) is 0.125. The Labute approximate surface area is 126 Å². The van der Waals surface area contributed by atoms with Crippen LogP contribution in [-0.4, -0.2) is 10.9 Å². The van der Waals surface area contributed by atoms with E-state index in [1.165, 1.54) is 11.3 Å². The molecule has 0 aliphatic carbocycles. The molecule has 3 N–H and O–H groups in total. The Morgan fingerprint density at radius 3 is 2.90 bits per heavy atom. The first-order chi connectivity index (χ1) is 10.2. The summed E-state index contributed by atoms with van der Waals surface area (Å²) in [4.78, 5) is 16.9. The van der Waals surface area contributed by atoms with Crippen LogP contribution in [0.2, 0.25) is 0 Å². The molecule has 0 radical (unpaired) electrons. The molecule has 21 heavy (non-hydrogen) atoms. The van der Waals surface area contributed by atoms with Crippen LogP contribution >= 0.6 is 11.3 Å². The molecule has 3 aromatic rings. The summed E-state index contributed by atoms with van der Waals surface area (Å²) in [6.45, 7) is 2.45. The Morgan fingerprint density at radius 2 is 2.14 bits per heavy atom. The van der Waals surface area contributed by atoms with Crippen LogP contribution < -0.4 is 11.1 Å². The number of rotatable bonds is 3. The molecule has 0 aliphatic heterocycles. The summed E-state index contributed by atoms with van der Waals surface area (Å²) in [6.07, 6.45) is 3.51. The van der Waals surface area contributed by atoms with Crippen molar-refractivity contribution in [3.8, 4) is 0 Å². The first kappa shape index (κ1) is 13.6. The summed E-state index contributed by atoms with van der Waals surface area (Å²) < 4.78 is 1.03. The normalized spacial score (nSPS) is 10.7. The van der Waals surface area contributed by atoms with Crippen LogP contribution in [0.5, 0.6) is 0 Å². The SMILES string of the molecule is Cc1cnccc1CNC(=O)c1sc2ccccc2c1N. The second kappa shape index (κ2) is 5.54. The zero-order chi connectivity index (χ0) is 14.8. The van der Waals surface area contributed by atoms with Gasteiger partial charge in [-0.15, -0.1) is 11.3 Å². The minimum Gasteiger partial charge on any atom is -0.397 e. The van der Waals surface area contributed by atoms with Crippen LogP contribution in [-0.2, 0) is 6.54 Å². The van der Waals surface area contributed by atoms with Gasteiger partial charge in [-0.25, -0.2) is 0 Å². The summed E-state index contributed by atoms with van der Waals surface area (Å²) in [5.74, 6) is -0.134. The molecule has 0 unspecified atom stereocenters. The van der Waals surface area contributed by atoms with Gasteiger partial charge in [0, 0.05) is 29.0 Å². The van der Waals surface area contributed by atoms with Crippen molar-refractivity contribution in [2.24, 2.45) is 0 Å². The van der Waals surface area contributed by atoms with E-state index in [9.17, 15) is 4.79 Å². The fourth-order valence-corrected chi connectivity index (χ4v) is 3.23. The number of aryl methyl sites for hydroxylation is 1. The summed E-state index contributed by atoms with van der Waals surface area (Å²) in [5.41, 5.74) is 8.74.